The molecule has 2 amide bonds. The monoisotopic (exact) mass is 457 g/mol. The Balaban J connectivity index is 1.79. The fourth-order valence-electron chi connectivity index (χ4n) is 3.96. The van der Waals surface area contributed by atoms with Gasteiger partial charge in [0.2, 0.25) is 0 Å². The highest BCUT2D eigenvalue weighted by Gasteiger charge is 2.41. The molecule has 172 valence electrons. The zero-order chi connectivity index (χ0) is 24.2. The molecule has 1 aliphatic heterocycles. The van der Waals surface area contributed by atoms with Crippen molar-refractivity contribution in [2.45, 2.75) is 13.5 Å². The van der Waals surface area contributed by atoms with Crippen molar-refractivity contribution in [3.63, 3.8) is 0 Å². The quantitative estimate of drug-likeness (QED) is 0.283. The van der Waals surface area contributed by atoms with Crippen LogP contribution >= 0.6 is 0 Å². The molecule has 34 heavy (non-hydrogen) atoms. The standard InChI is InChI=1S/C26H23N3O5/c1-3-27(20-7-5-4-6-8-20)24-23(19-11-13-21(14-12-19)29(32)33)25(30)28(26(24)31)17-18-9-15-22(34-2)16-10-18/h4-16H,3,17H2,1-2H3. The van der Waals surface area contributed by atoms with E-state index in [4.69, 9.17) is 4.74 Å². The maximum Gasteiger partial charge on any atom is 0.278 e. The molecule has 0 spiro atoms. The van der Waals surface area contributed by atoms with Gasteiger partial charge in [0.05, 0.1) is 24.2 Å². The van der Waals surface area contributed by atoms with Crippen molar-refractivity contribution in [3.05, 3.63) is 106 Å². The number of carbonyl (C=O) groups is 2. The lowest BCUT2D eigenvalue weighted by Gasteiger charge is -2.25. The van der Waals surface area contributed by atoms with E-state index in [9.17, 15) is 19.7 Å². The van der Waals surface area contributed by atoms with Gasteiger partial charge in [0.15, 0.2) is 0 Å². The summed E-state index contributed by atoms with van der Waals surface area (Å²) >= 11 is 0. The number of anilines is 1. The highest BCUT2D eigenvalue weighted by Crippen LogP contribution is 2.35. The zero-order valence-electron chi connectivity index (χ0n) is 18.8. The molecule has 1 heterocycles. The summed E-state index contributed by atoms with van der Waals surface area (Å²) in [7, 11) is 1.57. The number of likely N-dealkylation sites (N-methyl/N-ethyl adjacent to an activating group) is 1. The first-order valence-corrected chi connectivity index (χ1v) is 10.8. The summed E-state index contributed by atoms with van der Waals surface area (Å²) in [5, 5.41) is 11.1. The molecule has 0 saturated carbocycles. The van der Waals surface area contributed by atoms with Crippen molar-refractivity contribution >= 4 is 28.8 Å². The summed E-state index contributed by atoms with van der Waals surface area (Å²) in [6.45, 7) is 2.44. The third-order valence-electron chi connectivity index (χ3n) is 5.66. The van der Waals surface area contributed by atoms with Crippen molar-refractivity contribution in [2.24, 2.45) is 0 Å². The Kier molecular flexibility index (Phi) is 6.40. The van der Waals surface area contributed by atoms with E-state index in [-0.39, 0.29) is 23.5 Å². The number of nitrogens with zero attached hydrogens (tertiary/aromatic N) is 3. The molecule has 8 nitrogen and oxygen atoms in total. The molecule has 3 aromatic carbocycles. The Bertz CT molecular complexity index is 1250. The maximum absolute atomic E-state index is 13.6. The van der Waals surface area contributed by atoms with Gasteiger partial charge in [-0.15, -0.1) is 0 Å². The van der Waals surface area contributed by atoms with Gasteiger partial charge in [0.1, 0.15) is 11.4 Å². The Morgan fingerprint density at radius 1 is 0.912 bits per heavy atom. The highest BCUT2D eigenvalue weighted by molar-refractivity contribution is 6.36. The van der Waals surface area contributed by atoms with Gasteiger partial charge < -0.3 is 9.64 Å². The second kappa shape index (κ2) is 9.58. The van der Waals surface area contributed by atoms with Crippen LogP contribution in [0.2, 0.25) is 0 Å². The van der Waals surface area contributed by atoms with Gasteiger partial charge in [-0.05, 0) is 54.4 Å². The first-order valence-electron chi connectivity index (χ1n) is 10.8. The second-order valence-electron chi connectivity index (χ2n) is 7.65. The summed E-state index contributed by atoms with van der Waals surface area (Å²) in [5.41, 5.74) is 2.38. The first kappa shape index (κ1) is 22.7. The molecule has 0 N–H and O–H groups in total. The average Bonchev–Trinajstić information content (AvgIpc) is 3.10. The molecule has 0 radical (unpaired) electrons. The minimum absolute atomic E-state index is 0.0897. The largest absolute Gasteiger partial charge is 0.497 e. The number of imide groups is 1. The molecule has 0 atom stereocenters. The van der Waals surface area contributed by atoms with E-state index < -0.39 is 16.7 Å². The third kappa shape index (κ3) is 4.25. The smallest absolute Gasteiger partial charge is 0.278 e. The molecule has 0 bridgehead atoms. The first-order chi connectivity index (χ1) is 16.4. The average molecular weight is 457 g/mol. The summed E-state index contributed by atoms with van der Waals surface area (Å²) in [6.07, 6.45) is 0. The van der Waals surface area contributed by atoms with E-state index in [1.165, 1.54) is 29.2 Å². The SMILES string of the molecule is CCN(C1=C(c2ccc([N+](=O)[O-])cc2)C(=O)N(Cc2ccc(OC)cc2)C1=O)c1ccccc1. The molecule has 0 unspecified atom stereocenters. The molecule has 0 aliphatic carbocycles. The predicted octanol–water partition coefficient (Wildman–Crippen LogP) is 4.41. The van der Waals surface area contributed by atoms with Crippen LogP contribution < -0.4 is 9.64 Å². The number of hydrogen-bond donors (Lipinski definition) is 0. The van der Waals surface area contributed by atoms with E-state index >= 15 is 0 Å². The fourth-order valence-corrected chi connectivity index (χ4v) is 3.96. The fraction of sp³-hybridized carbons (Fsp3) is 0.154. The van der Waals surface area contributed by atoms with E-state index in [2.05, 4.69) is 0 Å². The van der Waals surface area contributed by atoms with Gasteiger partial charge in [0, 0.05) is 24.4 Å². The van der Waals surface area contributed by atoms with Crippen LogP contribution in [0, 0.1) is 10.1 Å². The van der Waals surface area contributed by atoms with Crippen LogP contribution in [0.25, 0.3) is 5.57 Å². The summed E-state index contributed by atoms with van der Waals surface area (Å²) < 4.78 is 5.18. The van der Waals surface area contributed by atoms with Crippen molar-refractivity contribution in [1.82, 2.24) is 4.90 Å². The van der Waals surface area contributed by atoms with Crippen LogP contribution in [0.3, 0.4) is 0 Å². The number of carbonyl (C=O) groups excluding carboxylic acids is 2. The number of nitro groups is 1. The van der Waals surface area contributed by atoms with E-state index in [1.54, 1.807) is 36.3 Å². The molecule has 3 aromatic rings. The number of methoxy groups -OCH3 is 1. The van der Waals surface area contributed by atoms with Crippen LogP contribution in [-0.4, -0.2) is 35.3 Å². The van der Waals surface area contributed by atoms with E-state index in [0.717, 1.165) is 11.3 Å². The van der Waals surface area contributed by atoms with Crippen molar-refractivity contribution in [3.8, 4) is 5.75 Å². The molecule has 4 rings (SSSR count). The Morgan fingerprint density at radius 2 is 1.56 bits per heavy atom. The lowest BCUT2D eigenvalue weighted by Crippen LogP contribution is -2.34. The number of hydrogen-bond acceptors (Lipinski definition) is 6. The molecular formula is C26H23N3O5. The predicted molar refractivity (Wildman–Crippen MR) is 128 cm³/mol. The molecule has 0 aromatic heterocycles. The van der Waals surface area contributed by atoms with Crippen LogP contribution in [0.5, 0.6) is 5.75 Å². The number of non-ortho nitro benzene ring substituents is 1. The van der Waals surface area contributed by atoms with Crippen LogP contribution in [0.4, 0.5) is 11.4 Å². The van der Waals surface area contributed by atoms with E-state index in [0.29, 0.717) is 17.9 Å². The summed E-state index contributed by atoms with van der Waals surface area (Å²) in [5.74, 6) is -0.187. The van der Waals surface area contributed by atoms with Crippen LogP contribution in [0.15, 0.2) is 84.6 Å². The minimum Gasteiger partial charge on any atom is -0.497 e. The lowest BCUT2D eigenvalue weighted by atomic mass is 10.0. The number of nitro benzene ring substituents is 1. The minimum atomic E-state index is -0.501. The van der Waals surface area contributed by atoms with Crippen molar-refractivity contribution in [2.75, 3.05) is 18.6 Å². The van der Waals surface area contributed by atoms with Crippen LogP contribution in [0.1, 0.15) is 18.1 Å². The summed E-state index contributed by atoms with van der Waals surface area (Å²) in [4.78, 5) is 40.8. The van der Waals surface area contributed by atoms with E-state index in [1.807, 2.05) is 37.3 Å². The van der Waals surface area contributed by atoms with Gasteiger partial charge in [0.25, 0.3) is 17.5 Å². The van der Waals surface area contributed by atoms with Gasteiger partial charge in [-0.2, -0.15) is 0 Å². The number of ether oxygens (including phenoxy) is 1. The number of rotatable bonds is 8. The molecular weight excluding hydrogens is 434 g/mol. The van der Waals surface area contributed by atoms with Crippen LogP contribution in [-0.2, 0) is 16.1 Å². The van der Waals surface area contributed by atoms with Gasteiger partial charge >= 0.3 is 0 Å². The molecule has 1 aliphatic rings. The van der Waals surface area contributed by atoms with Crippen molar-refractivity contribution < 1.29 is 19.2 Å². The highest BCUT2D eigenvalue weighted by atomic mass is 16.6. The molecule has 8 heteroatoms. The maximum atomic E-state index is 13.6. The third-order valence-corrected chi connectivity index (χ3v) is 5.66. The number of benzene rings is 3. The number of amides is 2. The second-order valence-corrected chi connectivity index (χ2v) is 7.65. The number of para-hydroxylation sites is 1. The van der Waals surface area contributed by atoms with Crippen molar-refractivity contribution in [1.29, 1.82) is 0 Å². The topological polar surface area (TPSA) is 93.0 Å². The van der Waals surface area contributed by atoms with Gasteiger partial charge in [-0.1, -0.05) is 30.3 Å². The molecule has 0 fully saturated rings. The molecule has 0 saturated heterocycles. The Morgan fingerprint density at radius 3 is 2.12 bits per heavy atom. The van der Waals surface area contributed by atoms with Gasteiger partial charge in [-0.25, -0.2) is 0 Å². The van der Waals surface area contributed by atoms with Gasteiger partial charge in [-0.3, -0.25) is 24.6 Å². The zero-order valence-corrected chi connectivity index (χ0v) is 18.8. The Hall–Kier alpha value is -4.46. The Labute approximate surface area is 196 Å². The normalized spacial score (nSPS) is 13.4. The summed E-state index contributed by atoms with van der Waals surface area (Å²) in [6, 6.07) is 22.2. The lowest BCUT2D eigenvalue weighted by molar-refractivity contribution is -0.384.